The Kier molecular flexibility index (Phi) is 4.75. The second-order valence-corrected chi connectivity index (χ2v) is 5.82. The molecule has 4 nitrogen and oxygen atoms in total. The molecule has 0 fully saturated rings. The monoisotopic (exact) mass is 301 g/mol. The van der Waals surface area contributed by atoms with Crippen molar-refractivity contribution in [2.75, 3.05) is 0 Å². The lowest BCUT2D eigenvalue weighted by Crippen LogP contribution is -2.22. The Bertz CT molecular complexity index is 681. The summed E-state index contributed by atoms with van der Waals surface area (Å²) < 4.78 is 5.02. The normalized spacial score (nSPS) is 10.2. The number of hydrogen-bond donors (Lipinski definition) is 1. The van der Waals surface area contributed by atoms with Crippen molar-refractivity contribution in [2.24, 2.45) is 5.11 Å². The molecule has 21 heavy (non-hydrogen) atoms. The Morgan fingerprint density at radius 2 is 1.81 bits per heavy atom. The Hall–Kier alpha value is -2.14. The van der Waals surface area contributed by atoms with Crippen LogP contribution in [0.3, 0.4) is 0 Å². The highest BCUT2D eigenvalue weighted by Gasteiger charge is 2.07. The molecule has 0 bridgehead atoms. The van der Waals surface area contributed by atoms with Crippen molar-refractivity contribution in [3.8, 4) is 5.75 Å². The summed E-state index contributed by atoms with van der Waals surface area (Å²) in [6.45, 7) is 5.40. The second-order valence-electron chi connectivity index (χ2n) is 4.70. The number of nitrogens with two attached hydrogens (primary N) is 1. The van der Waals surface area contributed by atoms with E-state index in [-0.39, 0.29) is 5.97 Å². The van der Waals surface area contributed by atoms with E-state index in [1.54, 1.807) is 23.9 Å². The minimum Gasteiger partial charge on any atom is -0.427 e. The first-order valence-electron chi connectivity index (χ1n) is 6.48. The average molecular weight is 301 g/mol. The first kappa shape index (κ1) is 15.3. The van der Waals surface area contributed by atoms with Gasteiger partial charge in [-0.2, -0.15) is 5.53 Å². The molecule has 2 rings (SSSR count). The van der Waals surface area contributed by atoms with Gasteiger partial charge in [0.15, 0.2) is 0 Å². The van der Waals surface area contributed by atoms with E-state index < -0.39 is 0 Å². The van der Waals surface area contributed by atoms with E-state index in [9.17, 15) is 4.79 Å². The topological polar surface area (TPSA) is 64.2 Å². The minimum atomic E-state index is -0.317. The molecule has 5 heteroatoms. The molecule has 2 N–H and O–H groups in total. The zero-order chi connectivity index (χ0) is 15.4. The predicted octanol–water partition coefficient (Wildman–Crippen LogP) is 3.22. The van der Waals surface area contributed by atoms with Gasteiger partial charge >= 0.3 is 5.97 Å². The molecular weight excluding hydrogens is 284 g/mol. The lowest BCUT2D eigenvalue weighted by molar-refractivity contribution is -0.210. The standard InChI is InChI=1S/C16H16N2O2S/c1-10-9-16(11(2)8-15(10)18-17)21-14-6-4-13(5-7-14)20-12(3)19/h4-9,17H,1-3H3/p+1. The summed E-state index contributed by atoms with van der Waals surface area (Å²) in [5.74, 6) is 0.236. The molecule has 0 unspecified atom stereocenters. The van der Waals surface area contributed by atoms with Gasteiger partial charge in [-0.05, 0) is 66.5 Å². The average Bonchev–Trinajstić information content (AvgIpc) is 2.44. The third-order valence-corrected chi connectivity index (χ3v) is 4.11. The van der Waals surface area contributed by atoms with Crippen LogP contribution in [-0.2, 0) is 4.79 Å². The van der Waals surface area contributed by atoms with Crippen LogP contribution < -0.4 is 10.3 Å². The van der Waals surface area contributed by atoms with Gasteiger partial charge in [0.2, 0.25) is 0 Å². The van der Waals surface area contributed by atoms with E-state index in [0.717, 1.165) is 26.6 Å². The van der Waals surface area contributed by atoms with Gasteiger partial charge < -0.3 is 4.74 Å². The molecule has 0 aliphatic heterocycles. The Morgan fingerprint density at radius 3 is 2.38 bits per heavy atom. The molecule has 0 radical (unpaired) electrons. The molecule has 0 saturated carbocycles. The lowest BCUT2D eigenvalue weighted by atomic mass is 10.1. The van der Waals surface area contributed by atoms with Crippen LogP contribution in [0.4, 0.5) is 5.69 Å². The number of carbonyl (C=O) groups excluding carboxylic acids is 1. The summed E-state index contributed by atoms with van der Waals surface area (Å²) in [5.41, 5.74) is 8.33. The smallest absolute Gasteiger partial charge is 0.308 e. The number of ether oxygens (including phenoxy) is 1. The van der Waals surface area contributed by atoms with Crippen LogP contribution in [0.25, 0.3) is 0 Å². The van der Waals surface area contributed by atoms with Crippen molar-refractivity contribution in [1.29, 1.82) is 0 Å². The van der Waals surface area contributed by atoms with Gasteiger partial charge in [0.1, 0.15) is 11.4 Å². The van der Waals surface area contributed by atoms with Gasteiger partial charge in [0, 0.05) is 16.7 Å². The number of carbonyl (C=O) groups is 1. The lowest BCUT2D eigenvalue weighted by Gasteiger charge is -2.08. The van der Waals surface area contributed by atoms with Crippen LogP contribution in [0.1, 0.15) is 18.1 Å². The summed E-state index contributed by atoms with van der Waals surface area (Å²) >= 11 is 1.65. The first-order valence-corrected chi connectivity index (χ1v) is 7.29. The fraction of sp³-hybridized carbons (Fsp3) is 0.188. The summed E-state index contributed by atoms with van der Waals surface area (Å²) in [5, 5.41) is 3.76. The second kappa shape index (κ2) is 6.54. The highest BCUT2D eigenvalue weighted by atomic mass is 32.2. The van der Waals surface area contributed by atoms with E-state index >= 15 is 0 Å². The van der Waals surface area contributed by atoms with E-state index in [2.05, 4.69) is 11.2 Å². The first-order chi connectivity index (χ1) is 9.99. The summed E-state index contributed by atoms with van der Waals surface area (Å²) in [6, 6.07) is 11.5. The Labute approximate surface area is 128 Å². The molecule has 108 valence electrons. The van der Waals surface area contributed by atoms with Gasteiger partial charge in [0.05, 0.1) is 0 Å². The number of rotatable bonds is 4. The number of nitrogens with zero attached hydrogens (tertiary/aromatic N) is 1. The minimum absolute atomic E-state index is 0.317. The molecule has 0 amide bonds. The van der Waals surface area contributed by atoms with Crippen LogP contribution in [-0.4, -0.2) is 5.97 Å². The molecule has 0 saturated heterocycles. The molecule has 2 aromatic carbocycles. The van der Waals surface area contributed by atoms with Gasteiger partial charge in [0.25, 0.3) is 0 Å². The van der Waals surface area contributed by atoms with Crippen LogP contribution in [0.5, 0.6) is 5.75 Å². The van der Waals surface area contributed by atoms with E-state index in [4.69, 9.17) is 10.3 Å². The molecule has 2 aromatic rings. The number of hydrogen-bond acceptors (Lipinski definition) is 4. The fourth-order valence-electron chi connectivity index (χ4n) is 1.89. The van der Waals surface area contributed by atoms with Gasteiger partial charge in [-0.3, -0.25) is 4.79 Å². The molecule has 0 aromatic heterocycles. The van der Waals surface area contributed by atoms with Crippen molar-refractivity contribution in [3.63, 3.8) is 0 Å². The molecular formula is C16H17N2O2S+. The van der Waals surface area contributed by atoms with Crippen LogP contribution in [0.15, 0.2) is 51.3 Å². The number of benzene rings is 2. The van der Waals surface area contributed by atoms with Crippen LogP contribution >= 0.6 is 11.8 Å². The highest BCUT2D eigenvalue weighted by molar-refractivity contribution is 7.99. The van der Waals surface area contributed by atoms with Crippen LogP contribution in [0, 0.1) is 13.8 Å². The molecule has 0 aliphatic carbocycles. The highest BCUT2D eigenvalue weighted by Crippen LogP contribution is 2.34. The largest absolute Gasteiger partial charge is 0.427 e. The summed E-state index contributed by atoms with van der Waals surface area (Å²) in [4.78, 5) is 13.1. The number of aryl methyl sites for hydroxylation is 2. The zero-order valence-corrected chi connectivity index (χ0v) is 13.0. The van der Waals surface area contributed by atoms with Gasteiger partial charge in [-0.15, -0.1) is 0 Å². The molecule has 0 aliphatic rings. The number of esters is 1. The fourth-order valence-corrected chi connectivity index (χ4v) is 2.87. The summed E-state index contributed by atoms with van der Waals surface area (Å²) in [7, 11) is 0. The molecule has 0 atom stereocenters. The van der Waals surface area contributed by atoms with Crippen molar-refractivity contribution in [1.82, 2.24) is 0 Å². The maximum atomic E-state index is 10.9. The quantitative estimate of drug-likeness (QED) is 0.536. The predicted molar refractivity (Wildman–Crippen MR) is 81.8 cm³/mol. The van der Waals surface area contributed by atoms with Crippen molar-refractivity contribution >= 4 is 23.4 Å². The third kappa shape index (κ3) is 3.92. The maximum absolute atomic E-state index is 10.9. The van der Waals surface area contributed by atoms with E-state index in [1.807, 2.05) is 32.0 Å². The van der Waals surface area contributed by atoms with E-state index in [0.29, 0.717) is 5.75 Å². The van der Waals surface area contributed by atoms with Gasteiger partial charge in [-0.1, -0.05) is 11.8 Å². The third-order valence-electron chi connectivity index (χ3n) is 2.95. The van der Waals surface area contributed by atoms with Crippen molar-refractivity contribution in [2.45, 2.75) is 30.6 Å². The van der Waals surface area contributed by atoms with Crippen molar-refractivity contribution < 1.29 is 15.1 Å². The molecule has 0 heterocycles. The Balaban J connectivity index is 2.20. The Morgan fingerprint density at radius 1 is 1.14 bits per heavy atom. The molecule has 0 spiro atoms. The van der Waals surface area contributed by atoms with Crippen LogP contribution in [0.2, 0.25) is 0 Å². The van der Waals surface area contributed by atoms with Gasteiger partial charge in [-0.25, -0.2) is 0 Å². The van der Waals surface area contributed by atoms with Crippen molar-refractivity contribution in [3.05, 3.63) is 47.5 Å². The SMILES string of the molecule is CC(=O)Oc1ccc(Sc2cc(C)c(N=[NH2+])cc2C)cc1. The summed E-state index contributed by atoms with van der Waals surface area (Å²) in [6.07, 6.45) is 0. The van der Waals surface area contributed by atoms with E-state index in [1.165, 1.54) is 6.92 Å². The maximum Gasteiger partial charge on any atom is 0.308 e. The zero-order valence-electron chi connectivity index (χ0n) is 12.2.